The molecule has 0 atom stereocenters. The minimum absolute atomic E-state index is 0.0489. The van der Waals surface area contributed by atoms with Crippen LogP contribution >= 0.6 is 11.3 Å². The van der Waals surface area contributed by atoms with Crippen molar-refractivity contribution in [1.29, 1.82) is 0 Å². The summed E-state index contributed by atoms with van der Waals surface area (Å²) in [5.41, 5.74) is 1.82. The van der Waals surface area contributed by atoms with Crippen LogP contribution < -0.4 is 0 Å². The van der Waals surface area contributed by atoms with Gasteiger partial charge in [-0.25, -0.2) is 0 Å². The Morgan fingerprint density at radius 3 is 2.27 bits per heavy atom. The number of rotatable bonds is 4. The molecule has 0 spiro atoms. The number of allylic oxidation sites excluding steroid dienone is 1. The van der Waals surface area contributed by atoms with Crippen LogP contribution in [0.5, 0.6) is 0 Å². The summed E-state index contributed by atoms with van der Waals surface area (Å²) in [6.07, 6.45) is 3.05. The van der Waals surface area contributed by atoms with Gasteiger partial charge in [0.15, 0.2) is 5.78 Å². The van der Waals surface area contributed by atoms with E-state index in [1.54, 1.807) is 12.1 Å². The average molecular weight is 315 g/mol. The van der Waals surface area contributed by atoms with E-state index in [0.29, 0.717) is 10.4 Å². The van der Waals surface area contributed by atoms with E-state index in [1.165, 1.54) is 17.7 Å². The average Bonchev–Trinajstić information content (AvgIpc) is 2.93. The van der Waals surface area contributed by atoms with Crippen molar-refractivity contribution in [3.05, 3.63) is 68.6 Å². The Labute approximate surface area is 133 Å². The lowest BCUT2D eigenvalue weighted by atomic mass is 9.86. The van der Waals surface area contributed by atoms with Crippen molar-refractivity contribution in [2.45, 2.75) is 26.2 Å². The highest BCUT2D eigenvalue weighted by molar-refractivity contribution is 7.16. The van der Waals surface area contributed by atoms with E-state index in [1.807, 2.05) is 24.3 Å². The molecule has 0 fully saturated rings. The molecule has 1 aromatic heterocycles. The zero-order valence-electron chi connectivity index (χ0n) is 12.7. The number of hydrogen-bond donors (Lipinski definition) is 0. The summed E-state index contributed by atoms with van der Waals surface area (Å²) in [4.78, 5) is 23.0. The molecule has 4 nitrogen and oxygen atoms in total. The van der Waals surface area contributed by atoms with E-state index in [4.69, 9.17) is 0 Å². The molecular weight excluding hydrogens is 298 g/mol. The number of benzene rings is 1. The van der Waals surface area contributed by atoms with Crippen molar-refractivity contribution >= 4 is 28.2 Å². The smallest absolute Gasteiger partial charge is 0.289 e. The zero-order chi connectivity index (χ0) is 16.3. The van der Waals surface area contributed by atoms with Crippen molar-refractivity contribution < 1.29 is 9.72 Å². The van der Waals surface area contributed by atoms with Crippen LogP contribution in [0.2, 0.25) is 0 Å². The lowest BCUT2D eigenvalue weighted by molar-refractivity contribution is -0.380. The number of carbonyl (C=O) groups excluding carboxylic acids is 1. The second kappa shape index (κ2) is 6.23. The van der Waals surface area contributed by atoms with Crippen LogP contribution in [-0.2, 0) is 5.41 Å². The standard InChI is InChI=1S/C17H17NO3S/c1-17(2,3)13-6-4-12(5-7-13)15(19)10-8-14-9-11-16(22-14)18(20)21/h4-11H,1-3H3/b10-8+. The summed E-state index contributed by atoms with van der Waals surface area (Å²) < 4.78 is 0. The van der Waals surface area contributed by atoms with Crippen LogP contribution in [0.4, 0.5) is 5.00 Å². The number of carbonyl (C=O) groups is 1. The molecular formula is C17H17NO3S. The summed E-state index contributed by atoms with van der Waals surface area (Å²) in [7, 11) is 0. The van der Waals surface area contributed by atoms with Crippen LogP contribution in [0.25, 0.3) is 6.08 Å². The van der Waals surface area contributed by atoms with Crippen molar-refractivity contribution in [3.63, 3.8) is 0 Å². The minimum Gasteiger partial charge on any atom is -0.289 e. The molecule has 1 heterocycles. The third-order valence-corrected chi connectivity index (χ3v) is 4.23. The first kappa shape index (κ1) is 16.1. The van der Waals surface area contributed by atoms with Gasteiger partial charge in [0.25, 0.3) is 0 Å². The van der Waals surface area contributed by atoms with Gasteiger partial charge in [-0.3, -0.25) is 14.9 Å². The Hall–Kier alpha value is -2.27. The van der Waals surface area contributed by atoms with Crippen LogP contribution in [0.1, 0.15) is 41.6 Å². The molecule has 0 aliphatic heterocycles. The van der Waals surface area contributed by atoms with Gasteiger partial charge in [0.1, 0.15) is 0 Å². The number of hydrogen-bond acceptors (Lipinski definition) is 4. The molecule has 1 aromatic carbocycles. The van der Waals surface area contributed by atoms with Gasteiger partial charge in [0, 0.05) is 16.5 Å². The first-order chi connectivity index (χ1) is 10.3. The van der Waals surface area contributed by atoms with Gasteiger partial charge in [-0.05, 0) is 29.2 Å². The van der Waals surface area contributed by atoms with Gasteiger partial charge in [0.05, 0.1) is 4.92 Å². The molecule has 0 aliphatic rings. The predicted octanol–water partition coefficient (Wildman–Crippen LogP) is 4.85. The highest BCUT2D eigenvalue weighted by Crippen LogP contribution is 2.25. The van der Waals surface area contributed by atoms with Crippen LogP contribution in [0.3, 0.4) is 0 Å². The predicted molar refractivity (Wildman–Crippen MR) is 89.5 cm³/mol. The molecule has 0 unspecified atom stereocenters. The van der Waals surface area contributed by atoms with Gasteiger partial charge in [-0.2, -0.15) is 0 Å². The van der Waals surface area contributed by atoms with Gasteiger partial charge in [-0.1, -0.05) is 56.4 Å². The molecule has 0 saturated carbocycles. The number of ketones is 1. The molecule has 114 valence electrons. The summed E-state index contributed by atoms with van der Waals surface area (Å²) in [6, 6.07) is 10.6. The van der Waals surface area contributed by atoms with E-state index in [-0.39, 0.29) is 16.2 Å². The fourth-order valence-electron chi connectivity index (χ4n) is 1.92. The summed E-state index contributed by atoms with van der Waals surface area (Å²) >= 11 is 1.05. The highest BCUT2D eigenvalue weighted by Gasteiger charge is 2.13. The van der Waals surface area contributed by atoms with Crippen LogP contribution in [0.15, 0.2) is 42.5 Å². The SMILES string of the molecule is CC(C)(C)c1ccc(C(=O)/C=C/c2ccc([N+](=O)[O-])s2)cc1. The number of thiophene rings is 1. The van der Waals surface area contributed by atoms with Gasteiger partial charge < -0.3 is 0 Å². The van der Waals surface area contributed by atoms with Crippen molar-refractivity contribution in [2.24, 2.45) is 0 Å². The Balaban J connectivity index is 2.11. The molecule has 22 heavy (non-hydrogen) atoms. The summed E-state index contributed by atoms with van der Waals surface area (Å²) in [5, 5.41) is 10.7. The lowest BCUT2D eigenvalue weighted by Crippen LogP contribution is -2.11. The molecule has 0 radical (unpaired) electrons. The minimum atomic E-state index is -0.435. The topological polar surface area (TPSA) is 60.2 Å². The van der Waals surface area contributed by atoms with E-state index in [2.05, 4.69) is 20.8 Å². The molecule has 0 aliphatic carbocycles. The van der Waals surface area contributed by atoms with E-state index in [9.17, 15) is 14.9 Å². The maximum absolute atomic E-state index is 12.1. The Morgan fingerprint density at radius 2 is 1.77 bits per heavy atom. The van der Waals surface area contributed by atoms with Crippen molar-refractivity contribution in [1.82, 2.24) is 0 Å². The molecule has 0 saturated heterocycles. The molecule has 0 amide bonds. The van der Waals surface area contributed by atoms with Gasteiger partial charge in [0.2, 0.25) is 0 Å². The zero-order valence-corrected chi connectivity index (χ0v) is 13.5. The highest BCUT2D eigenvalue weighted by atomic mass is 32.1. The third kappa shape index (κ3) is 3.89. The second-order valence-electron chi connectivity index (χ2n) is 5.96. The van der Waals surface area contributed by atoms with Crippen LogP contribution in [-0.4, -0.2) is 10.7 Å². The fraction of sp³-hybridized carbons (Fsp3) is 0.235. The van der Waals surface area contributed by atoms with E-state index in [0.717, 1.165) is 11.3 Å². The van der Waals surface area contributed by atoms with Crippen molar-refractivity contribution in [2.75, 3.05) is 0 Å². The molecule has 2 rings (SSSR count). The largest absolute Gasteiger partial charge is 0.324 e. The summed E-state index contributed by atoms with van der Waals surface area (Å²) in [6.45, 7) is 6.36. The quantitative estimate of drug-likeness (QED) is 0.351. The Morgan fingerprint density at radius 1 is 1.14 bits per heavy atom. The van der Waals surface area contributed by atoms with E-state index >= 15 is 0 Å². The lowest BCUT2D eigenvalue weighted by Gasteiger charge is -2.18. The Bertz CT molecular complexity index is 721. The van der Waals surface area contributed by atoms with Gasteiger partial charge >= 0.3 is 5.00 Å². The van der Waals surface area contributed by atoms with Crippen molar-refractivity contribution in [3.8, 4) is 0 Å². The molecule has 5 heteroatoms. The first-order valence-electron chi connectivity index (χ1n) is 6.84. The number of nitro groups is 1. The molecule has 0 bridgehead atoms. The van der Waals surface area contributed by atoms with E-state index < -0.39 is 4.92 Å². The maximum atomic E-state index is 12.1. The number of nitrogens with zero attached hydrogens (tertiary/aromatic N) is 1. The summed E-state index contributed by atoms with van der Waals surface area (Å²) in [5.74, 6) is -0.114. The monoisotopic (exact) mass is 315 g/mol. The second-order valence-corrected chi connectivity index (χ2v) is 7.05. The van der Waals surface area contributed by atoms with Gasteiger partial charge in [-0.15, -0.1) is 0 Å². The third-order valence-electron chi connectivity index (χ3n) is 3.23. The Kier molecular flexibility index (Phi) is 4.56. The first-order valence-corrected chi connectivity index (χ1v) is 7.66. The molecule has 0 N–H and O–H groups in total. The normalized spacial score (nSPS) is 11.8. The van der Waals surface area contributed by atoms with Crippen LogP contribution in [0, 0.1) is 10.1 Å². The molecule has 2 aromatic rings. The maximum Gasteiger partial charge on any atom is 0.324 e. The fourth-order valence-corrected chi connectivity index (χ4v) is 2.64.